The first-order chi connectivity index (χ1) is 29.5. The highest BCUT2D eigenvalue weighted by Gasteiger charge is 2.46. The lowest BCUT2D eigenvalue weighted by Crippen LogP contribution is -2.63. The molecule has 2 aliphatic heterocycles. The number of ether oxygens (including phenoxy) is 1. The van der Waals surface area contributed by atoms with Gasteiger partial charge in [0.05, 0.1) is 13.0 Å². The number of aliphatic hydroxyl groups excluding tert-OH is 3. The number of guanidine groups is 1. The van der Waals surface area contributed by atoms with E-state index in [0.717, 1.165) is 0 Å². The molecule has 2 fully saturated rings. The average Bonchev–Trinajstić information content (AvgIpc) is 3.23. The van der Waals surface area contributed by atoms with E-state index in [4.69, 9.17) is 21.4 Å². The van der Waals surface area contributed by atoms with E-state index in [1.165, 1.54) is 0 Å². The Kier molecular flexibility index (Phi) is 20.3. The molecule has 0 aliphatic carbocycles. The van der Waals surface area contributed by atoms with E-state index < -0.39 is 128 Å². The second-order valence-electron chi connectivity index (χ2n) is 14.3. The van der Waals surface area contributed by atoms with Crippen molar-refractivity contribution in [2.75, 3.05) is 32.7 Å². The van der Waals surface area contributed by atoms with Gasteiger partial charge in [0.25, 0.3) is 5.91 Å². The summed E-state index contributed by atoms with van der Waals surface area (Å²) in [6, 6.07) is 2.69. The third-order valence-electron chi connectivity index (χ3n) is 9.59. The molecule has 2 saturated heterocycles. The summed E-state index contributed by atoms with van der Waals surface area (Å²) in [6.45, 7) is -1.64. The third kappa shape index (κ3) is 16.5. The van der Waals surface area contributed by atoms with Crippen molar-refractivity contribution in [2.45, 2.75) is 99.6 Å². The van der Waals surface area contributed by atoms with Crippen LogP contribution in [0.4, 0.5) is 0 Å². The Balaban J connectivity index is 1.80. The molecule has 7 amide bonds. The van der Waals surface area contributed by atoms with Crippen LogP contribution in [0.3, 0.4) is 0 Å². The minimum absolute atomic E-state index is 0.0335. The van der Waals surface area contributed by atoms with Crippen molar-refractivity contribution in [1.29, 1.82) is 5.41 Å². The van der Waals surface area contributed by atoms with Crippen LogP contribution in [-0.4, -0.2) is 161 Å². The van der Waals surface area contributed by atoms with E-state index in [2.05, 4.69) is 52.6 Å². The fourth-order valence-electron chi connectivity index (χ4n) is 6.35. The van der Waals surface area contributed by atoms with E-state index in [1.807, 2.05) is 0 Å². The van der Waals surface area contributed by atoms with Crippen LogP contribution >= 0.6 is 0 Å². The number of unbranched alkanes of at least 4 members (excludes halogenated alkanes) is 1. The zero-order valence-corrected chi connectivity index (χ0v) is 33.5. The first kappa shape index (κ1) is 49.8. The molecule has 2 heterocycles. The van der Waals surface area contributed by atoms with Crippen LogP contribution < -0.4 is 48.3 Å². The number of carbonyl (C=O) groups is 8. The largest absolute Gasteiger partial charge is 0.481 e. The molecule has 15 N–H and O–H groups in total. The maximum Gasteiger partial charge on any atom is 0.305 e. The Labute approximate surface area is 354 Å². The topological polar surface area (TPSA) is 422 Å². The first-order valence-electron chi connectivity index (χ1n) is 19.6. The highest BCUT2D eigenvalue weighted by molar-refractivity contribution is 5.98. The van der Waals surface area contributed by atoms with Crippen LogP contribution in [0.25, 0.3) is 10.4 Å². The second-order valence-corrected chi connectivity index (χ2v) is 14.3. The number of carboxylic acid groups (broad SMARTS) is 1. The number of carbonyl (C=O) groups excluding carboxylic acids is 7. The number of azide groups is 1. The number of aliphatic hydroxyl groups is 3. The summed E-state index contributed by atoms with van der Waals surface area (Å²) in [5.74, 6) is -7.91. The van der Waals surface area contributed by atoms with Gasteiger partial charge in [0, 0.05) is 31.0 Å². The number of amides is 7. The predicted molar refractivity (Wildman–Crippen MR) is 213 cm³/mol. The summed E-state index contributed by atoms with van der Waals surface area (Å²) in [4.78, 5) is 106. The average molecular weight is 876 g/mol. The molecule has 2 aliphatic rings. The molecule has 62 heavy (non-hydrogen) atoms. The molecule has 26 nitrogen and oxygen atoms in total. The molecule has 3 rings (SSSR count). The number of hydrogen-bond acceptors (Lipinski definition) is 14. The van der Waals surface area contributed by atoms with Gasteiger partial charge in [-0.25, -0.2) is 0 Å². The number of nitrogens with two attached hydrogens (primary N) is 1. The van der Waals surface area contributed by atoms with Gasteiger partial charge in [-0.1, -0.05) is 35.4 Å². The lowest BCUT2D eigenvalue weighted by atomic mass is 9.94. The van der Waals surface area contributed by atoms with Crippen molar-refractivity contribution < 1.29 is 63.5 Å². The Bertz CT molecular complexity index is 1820. The highest BCUT2D eigenvalue weighted by atomic mass is 16.5. The molecule has 0 aromatic heterocycles. The van der Waals surface area contributed by atoms with E-state index in [0.29, 0.717) is 5.56 Å². The van der Waals surface area contributed by atoms with Crippen molar-refractivity contribution in [1.82, 2.24) is 42.5 Å². The molecular weight excluding hydrogens is 822 g/mol. The van der Waals surface area contributed by atoms with Gasteiger partial charge in [-0.3, -0.25) is 43.8 Å². The van der Waals surface area contributed by atoms with Crippen molar-refractivity contribution in [3.8, 4) is 0 Å². The third-order valence-corrected chi connectivity index (χ3v) is 9.59. The second kappa shape index (κ2) is 25.2. The van der Waals surface area contributed by atoms with Gasteiger partial charge in [0.1, 0.15) is 55.1 Å². The zero-order valence-electron chi connectivity index (χ0n) is 33.5. The van der Waals surface area contributed by atoms with Crippen LogP contribution in [0.2, 0.25) is 0 Å². The van der Waals surface area contributed by atoms with Crippen LogP contribution in [0.5, 0.6) is 0 Å². The molecule has 26 heteroatoms. The van der Waals surface area contributed by atoms with Gasteiger partial charge in [-0.05, 0) is 43.2 Å². The maximum absolute atomic E-state index is 14.0. The molecule has 0 spiro atoms. The molecule has 340 valence electrons. The molecule has 1 aromatic rings. The standard InChI is InChI=1S/C36H53N13O13/c37-36(38)41-12-6-10-19-31(57)43-16-25(51)45-22(14-26(52)53)34(60)48-21(13-18-7-2-1-3-8-18)33(59)47-20(32(58)46-19)9-4-5-11-40-35(61)30-29(56)28(55)27(54)23(62-30)15-42-24(50)17-44-49-39/h1-3,7-8,19-23,27-30,54-56H,4-6,9-17H2,(H,40,61)(H,42,50)(H,43,57)(H,45,51)(H,46,58)(H,47,59)(H,48,60)(H,52,53)(H4,37,38,41)/t19-,20-,21+,22-,23+,27?,28?,29-,30?/m0/s1. The fourth-order valence-corrected chi connectivity index (χ4v) is 6.35. The smallest absolute Gasteiger partial charge is 0.305 e. The number of rotatable bonds is 18. The van der Waals surface area contributed by atoms with Crippen molar-refractivity contribution >= 4 is 53.3 Å². The number of benzene rings is 1. The van der Waals surface area contributed by atoms with Crippen LogP contribution in [0.15, 0.2) is 35.4 Å². The first-order valence-corrected chi connectivity index (χ1v) is 19.6. The molecule has 0 radical (unpaired) electrons. The zero-order chi connectivity index (χ0) is 45.8. The van der Waals surface area contributed by atoms with Gasteiger partial charge in [-0.15, -0.1) is 0 Å². The molecule has 1 aromatic carbocycles. The number of nitrogens with zero attached hydrogens (tertiary/aromatic N) is 3. The maximum atomic E-state index is 14.0. The Morgan fingerprint density at radius 2 is 1.42 bits per heavy atom. The number of carboxylic acids is 1. The molecule has 0 bridgehead atoms. The number of hydrogen-bond donors (Lipinski definition) is 14. The van der Waals surface area contributed by atoms with Crippen LogP contribution in [0, 0.1) is 5.41 Å². The van der Waals surface area contributed by atoms with Gasteiger partial charge < -0.3 is 73.4 Å². The summed E-state index contributed by atoms with van der Waals surface area (Å²) in [7, 11) is 0. The van der Waals surface area contributed by atoms with E-state index in [-0.39, 0.29) is 57.6 Å². The summed E-state index contributed by atoms with van der Waals surface area (Å²) in [6.07, 6.45) is -9.10. The summed E-state index contributed by atoms with van der Waals surface area (Å²) < 4.78 is 5.50. The Morgan fingerprint density at radius 3 is 2.08 bits per heavy atom. The highest BCUT2D eigenvalue weighted by Crippen LogP contribution is 2.21. The lowest BCUT2D eigenvalue weighted by molar-refractivity contribution is -0.219. The Hall–Kier alpha value is -6.60. The van der Waals surface area contributed by atoms with Gasteiger partial charge in [-0.2, -0.15) is 0 Å². The normalized spacial score (nSPS) is 26.0. The van der Waals surface area contributed by atoms with Gasteiger partial charge in [0.2, 0.25) is 35.4 Å². The summed E-state index contributed by atoms with van der Waals surface area (Å²) in [5, 5.41) is 70.9. The van der Waals surface area contributed by atoms with Gasteiger partial charge in [0.15, 0.2) is 12.1 Å². The van der Waals surface area contributed by atoms with Crippen LogP contribution in [0.1, 0.15) is 44.1 Å². The monoisotopic (exact) mass is 875 g/mol. The number of nitrogens with one attached hydrogen (secondary N) is 9. The van der Waals surface area contributed by atoms with E-state index in [1.54, 1.807) is 30.3 Å². The minimum atomic E-state index is -1.87. The molecule has 0 saturated carbocycles. The SMILES string of the molecule is [N-]=[N+]=NCC(=O)NC[C@H]1OC(C(=O)NCCCC[C@@H]2NC(=O)[C@@H](Cc3ccccc3)NC(=O)[C@H](CC(=O)O)NC(=O)CNC(=O)[C@H](CCCNC(=N)N)NC2=O)[C@@H](O)C(O)C1O. The molecule has 9 atom stereocenters. The number of aliphatic carboxylic acids is 1. The van der Waals surface area contributed by atoms with Gasteiger partial charge >= 0.3 is 5.97 Å². The van der Waals surface area contributed by atoms with Crippen molar-refractivity contribution in [2.24, 2.45) is 10.8 Å². The summed E-state index contributed by atoms with van der Waals surface area (Å²) in [5.41, 5.74) is 14.3. The van der Waals surface area contributed by atoms with E-state index >= 15 is 0 Å². The van der Waals surface area contributed by atoms with Crippen molar-refractivity contribution in [3.05, 3.63) is 46.3 Å². The molecular formula is C36H53N13O13. The quantitative estimate of drug-likeness (QED) is 0.0164. The Morgan fingerprint density at radius 1 is 0.806 bits per heavy atom. The minimum Gasteiger partial charge on any atom is -0.481 e. The van der Waals surface area contributed by atoms with E-state index in [9.17, 15) is 58.8 Å². The lowest BCUT2D eigenvalue weighted by Gasteiger charge is -2.39. The summed E-state index contributed by atoms with van der Waals surface area (Å²) >= 11 is 0. The predicted octanol–water partition coefficient (Wildman–Crippen LogP) is -5.40. The van der Waals surface area contributed by atoms with Crippen molar-refractivity contribution in [3.63, 3.8) is 0 Å². The molecule has 3 unspecified atom stereocenters. The van der Waals surface area contributed by atoms with Crippen LogP contribution in [-0.2, 0) is 49.5 Å². The fraction of sp³-hybridized carbons (Fsp3) is 0.583.